The fraction of sp³-hybridized carbons (Fsp3) is 0.455. The summed E-state index contributed by atoms with van der Waals surface area (Å²) < 4.78 is 0. The lowest BCUT2D eigenvalue weighted by molar-refractivity contribution is 0.564. The molecule has 0 heterocycles. The topological polar surface area (TPSA) is 14.1 Å². The highest BCUT2D eigenvalue weighted by atomic mass is 31.1. The van der Waals surface area contributed by atoms with Crippen LogP contribution < -0.4 is 5.30 Å². The molecule has 130 valence electrons. The molecule has 0 saturated carbocycles. The first kappa shape index (κ1) is 19.2. The van der Waals surface area contributed by atoms with E-state index in [9.17, 15) is 0 Å². The SMILES string of the molecule is CCCC(Pc1c(C)cccc1C([N-]C)c1ccccc1)C(C)C. The number of rotatable bonds is 8. The molecule has 2 aromatic carbocycles. The number of hydrogen-bond acceptors (Lipinski definition) is 0. The Balaban J connectivity index is 2.41. The molecule has 2 aromatic rings. The Morgan fingerprint density at radius 1 is 1.00 bits per heavy atom. The third-order valence-corrected chi connectivity index (χ3v) is 7.01. The van der Waals surface area contributed by atoms with Crippen LogP contribution in [0.4, 0.5) is 0 Å². The molecule has 0 radical (unpaired) electrons. The molecule has 0 fully saturated rings. The minimum Gasteiger partial charge on any atom is -0.655 e. The summed E-state index contributed by atoms with van der Waals surface area (Å²) in [5.74, 6) is 0.726. The number of hydrogen-bond donors (Lipinski definition) is 0. The van der Waals surface area contributed by atoms with Crippen molar-refractivity contribution in [2.75, 3.05) is 7.05 Å². The second-order valence-electron chi connectivity index (χ2n) is 6.89. The van der Waals surface area contributed by atoms with Crippen molar-refractivity contribution in [3.8, 4) is 0 Å². The Morgan fingerprint density at radius 3 is 2.29 bits per heavy atom. The third kappa shape index (κ3) is 4.68. The fourth-order valence-corrected chi connectivity index (χ4v) is 5.12. The molecule has 0 aliphatic rings. The van der Waals surface area contributed by atoms with Crippen LogP contribution in [-0.4, -0.2) is 12.7 Å². The molecule has 0 aliphatic carbocycles. The van der Waals surface area contributed by atoms with Crippen molar-refractivity contribution < 1.29 is 0 Å². The van der Waals surface area contributed by atoms with Gasteiger partial charge in [-0.05, 0) is 35.8 Å². The van der Waals surface area contributed by atoms with Crippen molar-refractivity contribution in [2.45, 2.75) is 52.2 Å². The van der Waals surface area contributed by atoms with Crippen molar-refractivity contribution in [1.29, 1.82) is 0 Å². The Morgan fingerprint density at radius 2 is 1.71 bits per heavy atom. The molecule has 1 nitrogen and oxygen atoms in total. The molecule has 0 bridgehead atoms. The summed E-state index contributed by atoms with van der Waals surface area (Å²) in [6.45, 7) is 9.29. The summed E-state index contributed by atoms with van der Waals surface area (Å²) in [7, 11) is 2.80. The molecular weight excluding hydrogens is 309 g/mol. The lowest BCUT2D eigenvalue weighted by Crippen LogP contribution is -2.19. The predicted molar refractivity (Wildman–Crippen MR) is 110 cm³/mol. The van der Waals surface area contributed by atoms with Gasteiger partial charge in [0, 0.05) is 0 Å². The maximum Gasteiger partial charge on any atom is -0.0173 e. The molecule has 2 rings (SSSR count). The Kier molecular flexibility index (Phi) is 7.46. The lowest BCUT2D eigenvalue weighted by atomic mass is 9.97. The summed E-state index contributed by atoms with van der Waals surface area (Å²) in [4.78, 5) is 0. The smallest absolute Gasteiger partial charge is 0.0173 e. The number of nitrogens with zero attached hydrogens (tertiary/aromatic N) is 1. The first-order chi connectivity index (χ1) is 11.6. The summed E-state index contributed by atoms with van der Waals surface area (Å²) >= 11 is 0. The first-order valence-corrected chi connectivity index (χ1v) is 10.2. The largest absolute Gasteiger partial charge is 0.655 e. The van der Waals surface area contributed by atoms with Gasteiger partial charge in [-0.2, -0.15) is 7.05 Å². The van der Waals surface area contributed by atoms with Crippen molar-refractivity contribution in [2.24, 2.45) is 5.92 Å². The van der Waals surface area contributed by atoms with Crippen LogP contribution in [0.2, 0.25) is 0 Å². The van der Waals surface area contributed by atoms with Gasteiger partial charge in [-0.15, -0.1) is 0 Å². The molecule has 0 aromatic heterocycles. The van der Waals surface area contributed by atoms with Gasteiger partial charge in [-0.25, -0.2) is 0 Å². The van der Waals surface area contributed by atoms with E-state index >= 15 is 0 Å². The fourth-order valence-electron chi connectivity index (χ4n) is 3.29. The van der Waals surface area contributed by atoms with Gasteiger partial charge in [0.05, 0.1) is 0 Å². The van der Waals surface area contributed by atoms with Crippen LogP contribution in [0.25, 0.3) is 5.32 Å². The molecule has 3 atom stereocenters. The van der Waals surface area contributed by atoms with Gasteiger partial charge in [-0.3, -0.25) is 0 Å². The molecule has 2 heteroatoms. The monoisotopic (exact) mass is 340 g/mol. The van der Waals surface area contributed by atoms with E-state index < -0.39 is 0 Å². The molecule has 0 amide bonds. The van der Waals surface area contributed by atoms with Gasteiger partial charge in [0.25, 0.3) is 0 Å². The zero-order valence-corrected chi connectivity index (χ0v) is 16.7. The first-order valence-electron chi connectivity index (χ1n) is 9.08. The van der Waals surface area contributed by atoms with Crippen LogP contribution in [0.3, 0.4) is 0 Å². The van der Waals surface area contributed by atoms with E-state index in [1.165, 1.54) is 34.8 Å². The quantitative estimate of drug-likeness (QED) is 0.507. The van der Waals surface area contributed by atoms with Gasteiger partial charge >= 0.3 is 0 Å². The van der Waals surface area contributed by atoms with E-state index in [2.05, 4.69) is 76.2 Å². The van der Waals surface area contributed by atoms with Gasteiger partial charge in [0.2, 0.25) is 0 Å². The normalized spacial score (nSPS) is 14.4. The summed E-state index contributed by atoms with van der Waals surface area (Å²) in [5.41, 5.74) is 4.86. The third-order valence-electron chi connectivity index (χ3n) is 4.71. The summed E-state index contributed by atoms with van der Waals surface area (Å²) in [6.07, 6.45) is 2.57. The van der Waals surface area contributed by atoms with E-state index in [1.54, 1.807) is 0 Å². The standard InChI is InChI=1S/C22H31NP/c1-6-11-20(16(2)3)24-22-17(4)12-10-15-19(22)21(23-5)18-13-8-7-9-14-18/h7-10,12-16,20-21,24H,6,11H2,1-5H3/q-1. The van der Waals surface area contributed by atoms with Crippen molar-refractivity contribution in [1.82, 2.24) is 0 Å². The van der Waals surface area contributed by atoms with Crippen LogP contribution in [-0.2, 0) is 0 Å². The Labute approximate surface area is 150 Å². The van der Waals surface area contributed by atoms with Gasteiger partial charge in [0.15, 0.2) is 0 Å². The van der Waals surface area contributed by atoms with Gasteiger partial charge < -0.3 is 5.32 Å². The van der Waals surface area contributed by atoms with E-state index in [0.717, 1.165) is 20.2 Å². The zero-order chi connectivity index (χ0) is 17.5. The molecule has 0 N–H and O–H groups in total. The predicted octanol–water partition coefficient (Wildman–Crippen LogP) is 6.22. The second-order valence-corrected chi connectivity index (χ2v) is 8.42. The summed E-state index contributed by atoms with van der Waals surface area (Å²) in [5, 5.41) is 6.26. The number of aryl methyl sites for hydroxylation is 1. The number of benzene rings is 2. The van der Waals surface area contributed by atoms with E-state index in [0.29, 0.717) is 0 Å². The molecule has 0 aliphatic heterocycles. The Bertz CT molecular complexity index is 621. The van der Waals surface area contributed by atoms with Crippen LogP contribution in [0.5, 0.6) is 0 Å². The van der Waals surface area contributed by atoms with Gasteiger partial charge in [0.1, 0.15) is 0 Å². The van der Waals surface area contributed by atoms with E-state index in [1.807, 2.05) is 7.05 Å². The maximum absolute atomic E-state index is 4.73. The maximum atomic E-state index is 4.73. The highest BCUT2D eigenvalue weighted by Crippen LogP contribution is 2.36. The van der Waals surface area contributed by atoms with Crippen LogP contribution in [0.1, 0.15) is 56.3 Å². The molecule has 0 spiro atoms. The van der Waals surface area contributed by atoms with Gasteiger partial charge in [-0.1, -0.05) is 101 Å². The average Bonchev–Trinajstić information content (AvgIpc) is 2.58. The lowest BCUT2D eigenvalue weighted by Gasteiger charge is -2.33. The van der Waals surface area contributed by atoms with Crippen LogP contribution in [0, 0.1) is 12.8 Å². The van der Waals surface area contributed by atoms with E-state index in [-0.39, 0.29) is 6.04 Å². The minimum atomic E-state index is 0.142. The van der Waals surface area contributed by atoms with Crippen LogP contribution in [0.15, 0.2) is 48.5 Å². The Hall–Kier alpha value is -1.17. The van der Waals surface area contributed by atoms with E-state index in [4.69, 9.17) is 5.32 Å². The van der Waals surface area contributed by atoms with Crippen molar-refractivity contribution in [3.05, 3.63) is 70.5 Å². The molecule has 3 unspecified atom stereocenters. The second kappa shape index (κ2) is 9.35. The molecular formula is C22H31NP-. The summed E-state index contributed by atoms with van der Waals surface area (Å²) in [6, 6.07) is 17.5. The highest BCUT2D eigenvalue weighted by Gasteiger charge is 2.18. The zero-order valence-electron chi connectivity index (χ0n) is 15.7. The van der Waals surface area contributed by atoms with Crippen molar-refractivity contribution in [3.63, 3.8) is 0 Å². The minimum absolute atomic E-state index is 0.142. The molecule has 0 saturated heterocycles. The highest BCUT2D eigenvalue weighted by molar-refractivity contribution is 7.48. The average molecular weight is 340 g/mol. The molecule has 24 heavy (non-hydrogen) atoms. The van der Waals surface area contributed by atoms with Crippen LogP contribution >= 0.6 is 8.58 Å². The van der Waals surface area contributed by atoms with Crippen molar-refractivity contribution >= 4 is 13.9 Å².